The Labute approximate surface area is 243 Å². The summed E-state index contributed by atoms with van der Waals surface area (Å²) in [6.45, 7) is 4.99. The van der Waals surface area contributed by atoms with E-state index in [1.54, 1.807) is 26.2 Å². The molecule has 0 saturated heterocycles. The molecule has 9 heteroatoms. The number of carbonyl (C=O) groups excluding carboxylic acids is 2. The molecule has 4 aliphatic carbocycles. The predicted molar refractivity (Wildman–Crippen MR) is 153 cm³/mol. The van der Waals surface area contributed by atoms with Crippen molar-refractivity contribution in [3.8, 4) is 11.5 Å². The Bertz CT molecular complexity index is 1150. The van der Waals surface area contributed by atoms with E-state index in [0.717, 1.165) is 37.7 Å². The number of carboxylic acid groups (broad SMARTS) is 1. The fourth-order valence-corrected chi connectivity index (χ4v) is 7.55. The van der Waals surface area contributed by atoms with Crippen LogP contribution in [0.1, 0.15) is 94.0 Å². The zero-order valence-electron chi connectivity index (χ0n) is 24.9. The Kier molecular flexibility index (Phi) is 8.56. The summed E-state index contributed by atoms with van der Waals surface area (Å²) in [7, 11) is 3.13. The molecule has 0 spiro atoms. The highest BCUT2D eigenvalue weighted by Crippen LogP contribution is 2.49. The van der Waals surface area contributed by atoms with Crippen LogP contribution in [-0.4, -0.2) is 55.8 Å². The molecule has 0 radical (unpaired) electrons. The molecule has 3 N–H and O–H groups in total. The molecule has 5 rings (SSSR count). The summed E-state index contributed by atoms with van der Waals surface area (Å²) in [5, 5.41) is 16.0. The Morgan fingerprint density at radius 1 is 0.976 bits per heavy atom. The zero-order valence-corrected chi connectivity index (χ0v) is 24.9. The molecule has 0 aromatic heterocycles. The van der Waals surface area contributed by atoms with Crippen molar-refractivity contribution in [1.82, 2.24) is 10.6 Å². The molecular formula is C32H46N2O7. The number of benzene rings is 1. The topological polar surface area (TPSA) is 123 Å². The number of hydrogen-bond acceptors (Lipinski definition) is 6. The van der Waals surface area contributed by atoms with Gasteiger partial charge < -0.3 is 30.0 Å². The van der Waals surface area contributed by atoms with Crippen molar-refractivity contribution in [2.75, 3.05) is 20.8 Å². The fourth-order valence-electron chi connectivity index (χ4n) is 7.55. The number of hydrogen-bond donors (Lipinski definition) is 3. The Balaban J connectivity index is 1.32. The molecule has 1 aromatic rings. The normalized spacial score (nSPS) is 31.7. The van der Waals surface area contributed by atoms with Gasteiger partial charge >= 0.3 is 5.97 Å². The number of aliphatic carboxylic acids is 1. The van der Waals surface area contributed by atoms with Crippen LogP contribution < -0.4 is 20.1 Å². The second kappa shape index (κ2) is 11.8. The molecule has 4 fully saturated rings. The van der Waals surface area contributed by atoms with Gasteiger partial charge in [0.25, 0.3) is 5.91 Å². The number of rotatable bonds is 11. The van der Waals surface area contributed by atoms with Gasteiger partial charge in [-0.15, -0.1) is 0 Å². The summed E-state index contributed by atoms with van der Waals surface area (Å²) < 4.78 is 17.4. The van der Waals surface area contributed by atoms with E-state index in [-0.39, 0.29) is 41.9 Å². The number of amides is 2. The number of nitrogens with one attached hydrogen (secondary N) is 2. The van der Waals surface area contributed by atoms with Crippen LogP contribution in [0.25, 0.3) is 0 Å². The third kappa shape index (κ3) is 6.06. The molecule has 41 heavy (non-hydrogen) atoms. The summed E-state index contributed by atoms with van der Waals surface area (Å²) in [6, 6.07) is 3.28. The van der Waals surface area contributed by atoms with E-state index in [1.807, 2.05) is 0 Å². The molecule has 0 aliphatic heterocycles. The highest BCUT2D eigenvalue weighted by Gasteiger charge is 2.51. The molecule has 226 valence electrons. The molecule has 2 amide bonds. The molecule has 0 heterocycles. The summed E-state index contributed by atoms with van der Waals surface area (Å²) in [6.07, 6.45) is 8.67. The van der Waals surface area contributed by atoms with Crippen molar-refractivity contribution in [1.29, 1.82) is 0 Å². The number of carboxylic acids is 1. The van der Waals surface area contributed by atoms with Gasteiger partial charge in [-0.2, -0.15) is 0 Å². The smallest absolute Gasteiger partial charge is 0.309 e. The van der Waals surface area contributed by atoms with Gasteiger partial charge in [-0.3, -0.25) is 14.4 Å². The van der Waals surface area contributed by atoms with E-state index in [1.165, 1.54) is 13.5 Å². The Morgan fingerprint density at radius 2 is 1.68 bits per heavy atom. The van der Waals surface area contributed by atoms with E-state index < -0.39 is 11.4 Å². The predicted octanol–water partition coefficient (Wildman–Crippen LogP) is 4.70. The molecule has 4 atom stereocenters. The van der Waals surface area contributed by atoms with Gasteiger partial charge in [-0.1, -0.05) is 13.3 Å². The number of carbonyl (C=O) groups is 3. The van der Waals surface area contributed by atoms with Gasteiger partial charge in [-0.25, -0.2) is 0 Å². The second-order valence-electron chi connectivity index (χ2n) is 13.5. The van der Waals surface area contributed by atoms with E-state index >= 15 is 0 Å². The first-order valence-electron chi connectivity index (χ1n) is 15.2. The average molecular weight is 571 g/mol. The lowest BCUT2D eigenvalue weighted by molar-refractivity contribution is -0.150. The van der Waals surface area contributed by atoms with Crippen LogP contribution in [0.5, 0.6) is 11.5 Å². The largest absolute Gasteiger partial charge is 0.496 e. The van der Waals surface area contributed by atoms with Crippen LogP contribution in [0.4, 0.5) is 0 Å². The molecule has 1 aromatic carbocycles. The summed E-state index contributed by atoms with van der Waals surface area (Å²) in [5.41, 5.74) is 0.579. The van der Waals surface area contributed by atoms with E-state index in [2.05, 4.69) is 17.6 Å². The Hall–Kier alpha value is -2.81. The first-order chi connectivity index (χ1) is 19.6. The minimum Gasteiger partial charge on any atom is -0.496 e. The third-order valence-corrected chi connectivity index (χ3v) is 10.5. The van der Waals surface area contributed by atoms with Crippen LogP contribution in [0.3, 0.4) is 0 Å². The minimum absolute atomic E-state index is 0.0627. The van der Waals surface area contributed by atoms with Crippen LogP contribution in [-0.2, 0) is 20.9 Å². The van der Waals surface area contributed by atoms with Crippen molar-refractivity contribution in [3.63, 3.8) is 0 Å². The number of ether oxygens (including phenoxy) is 3. The van der Waals surface area contributed by atoms with E-state index in [4.69, 9.17) is 14.2 Å². The first-order valence-corrected chi connectivity index (χ1v) is 15.2. The van der Waals surface area contributed by atoms with Gasteiger partial charge in [0.1, 0.15) is 11.5 Å². The second-order valence-corrected chi connectivity index (χ2v) is 13.5. The maximum Gasteiger partial charge on any atom is 0.309 e. The molecule has 4 aliphatic rings. The molecule has 2 bridgehead atoms. The van der Waals surface area contributed by atoms with Crippen molar-refractivity contribution in [3.05, 3.63) is 23.3 Å². The van der Waals surface area contributed by atoms with Gasteiger partial charge in [0, 0.05) is 25.3 Å². The summed E-state index contributed by atoms with van der Waals surface area (Å²) in [4.78, 5) is 38.9. The standard InChI is InChI=1S/C32H46N2O7/c1-31(10-5-11-31)18-33-29(36)26-19-6-7-20(14-19)27(26)34-28(35)23-16-24(21(17-39-3)15-25(23)40-4)41-22-8-12-32(2,13-9-22)30(37)38/h15-16,19-20,22,26-27H,5-14,17-18H2,1-4H3,(H,33,36)(H,34,35)(H,37,38). The lowest BCUT2D eigenvalue weighted by Gasteiger charge is -2.39. The summed E-state index contributed by atoms with van der Waals surface area (Å²) >= 11 is 0. The SMILES string of the molecule is COCc1cc(OC)c(C(=O)NC2C3CCC(C3)C2C(=O)NCC2(C)CCC2)cc1OC1CCC(C)(C(=O)O)CC1. The summed E-state index contributed by atoms with van der Waals surface area (Å²) in [5.74, 6) is 0.341. The molecule has 4 saturated carbocycles. The van der Waals surface area contributed by atoms with Gasteiger partial charge in [0.2, 0.25) is 5.91 Å². The minimum atomic E-state index is -0.774. The highest BCUT2D eigenvalue weighted by molar-refractivity contribution is 5.98. The van der Waals surface area contributed by atoms with Crippen molar-refractivity contribution < 1.29 is 33.7 Å². The van der Waals surface area contributed by atoms with Crippen molar-refractivity contribution in [2.24, 2.45) is 28.6 Å². The third-order valence-electron chi connectivity index (χ3n) is 10.5. The van der Waals surface area contributed by atoms with Crippen LogP contribution in [0, 0.1) is 28.6 Å². The number of methoxy groups -OCH3 is 2. The monoisotopic (exact) mass is 570 g/mol. The van der Waals surface area contributed by atoms with Crippen molar-refractivity contribution >= 4 is 17.8 Å². The fraction of sp³-hybridized carbons (Fsp3) is 0.719. The van der Waals surface area contributed by atoms with Gasteiger partial charge in [0.15, 0.2) is 0 Å². The van der Waals surface area contributed by atoms with Crippen LogP contribution in [0.15, 0.2) is 12.1 Å². The van der Waals surface area contributed by atoms with Crippen molar-refractivity contribution in [2.45, 2.75) is 96.8 Å². The first kappa shape index (κ1) is 29.7. The maximum absolute atomic E-state index is 13.8. The van der Waals surface area contributed by atoms with Gasteiger partial charge in [0.05, 0.1) is 36.7 Å². The molecular weight excluding hydrogens is 524 g/mol. The number of fused-ring (bicyclic) bond motifs is 2. The van der Waals surface area contributed by atoms with E-state index in [0.29, 0.717) is 61.1 Å². The Morgan fingerprint density at radius 3 is 2.29 bits per heavy atom. The average Bonchev–Trinajstić information content (AvgIpc) is 3.54. The zero-order chi connectivity index (χ0) is 29.4. The van der Waals surface area contributed by atoms with Crippen LogP contribution in [0.2, 0.25) is 0 Å². The lowest BCUT2D eigenvalue weighted by Crippen LogP contribution is -2.51. The molecule has 4 unspecified atom stereocenters. The van der Waals surface area contributed by atoms with Gasteiger partial charge in [-0.05, 0) is 94.1 Å². The highest BCUT2D eigenvalue weighted by atomic mass is 16.5. The van der Waals surface area contributed by atoms with E-state index in [9.17, 15) is 19.5 Å². The van der Waals surface area contributed by atoms with Crippen LogP contribution >= 0.6 is 0 Å². The quantitative estimate of drug-likeness (QED) is 0.352. The maximum atomic E-state index is 13.8. The molecule has 9 nitrogen and oxygen atoms in total. The lowest BCUT2D eigenvalue weighted by atomic mass is 9.70.